The molecule has 0 aromatic carbocycles. The van der Waals surface area contributed by atoms with Gasteiger partial charge in [-0.2, -0.15) is 0 Å². The molecule has 0 spiro atoms. The quantitative estimate of drug-likeness (QED) is 0.791. The van der Waals surface area contributed by atoms with E-state index in [1.54, 1.807) is 18.5 Å². The van der Waals surface area contributed by atoms with Crippen LogP contribution in [0.2, 0.25) is 0 Å². The average molecular weight is 234 g/mol. The Kier molecular flexibility index (Phi) is 6.25. The van der Waals surface area contributed by atoms with Gasteiger partial charge in [-0.15, -0.1) is 0 Å². The molecule has 2 heterocycles. The molecule has 0 aliphatic carbocycles. The average Bonchev–Trinajstić information content (AvgIpc) is 2.32. The van der Waals surface area contributed by atoms with E-state index in [0.717, 1.165) is 5.56 Å². The van der Waals surface area contributed by atoms with Gasteiger partial charge >= 0.3 is 0 Å². The molecule has 0 saturated heterocycles. The lowest BCUT2D eigenvalue weighted by molar-refractivity contribution is 1.14. The minimum Gasteiger partial charge on any atom is -0.397 e. The second-order valence-electron chi connectivity index (χ2n) is 2.80. The molecule has 0 fully saturated rings. The monoisotopic (exact) mass is 234 g/mol. The summed E-state index contributed by atoms with van der Waals surface area (Å²) in [7, 11) is 0. The lowest BCUT2D eigenvalue weighted by Crippen LogP contribution is -2.04. The summed E-state index contributed by atoms with van der Waals surface area (Å²) in [4.78, 5) is 21.2. The van der Waals surface area contributed by atoms with Gasteiger partial charge < -0.3 is 10.7 Å². The Morgan fingerprint density at radius 1 is 1.24 bits per heavy atom. The van der Waals surface area contributed by atoms with Crippen LogP contribution < -0.4 is 11.3 Å². The van der Waals surface area contributed by atoms with Crippen LogP contribution in [0.1, 0.15) is 21.3 Å². The number of hydrogen-bond donors (Lipinski definition) is 2. The maximum atomic E-state index is 10.8. The number of hydrogen-bond acceptors (Lipinski definition) is 4. The molecule has 3 N–H and O–H groups in total. The number of pyridine rings is 1. The van der Waals surface area contributed by atoms with E-state index >= 15 is 0 Å². The molecule has 2 aromatic heterocycles. The van der Waals surface area contributed by atoms with Crippen molar-refractivity contribution >= 4 is 5.69 Å². The van der Waals surface area contributed by atoms with Crippen LogP contribution in [0.25, 0.3) is 11.3 Å². The lowest BCUT2D eigenvalue weighted by Gasteiger charge is -1.99. The van der Waals surface area contributed by atoms with Crippen molar-refractivity contribution < 1.29 is 0 Å². The van der Waals surface area contributed by atoms with Gasteiger partial charge in [-0.05, 0) is 6.07 Å². The number of aromatic amines is 1. The SMILES string of the molecule is C.CC.Nc1cncc(-c2c[nH]c(=O)cn2)c1. The molecule has 0 saturated carbocycles. The summed E-state index contributed by atoms with van der Waals surface area (Å²) in [5.41, 5.74) is 7.32. The Morgan fingerprint density at radius 2 is 1.94 bits per heavy atom. The Hall–Kier alpha value is -2.17. The highest BCUT2D eigenvalue weighted by Gasteiger charge is 1.99. The zero-order chi connectivity index (χ0) is 12.0. The molecule has 5 nitrogen and oxygen atoms in total. The van der Waals surface area contributed by atoms with Gasteiger partial charge in [0.25, 0.3) is 5.56 Å². The number of nitrogens with one attached hydrogen (secondary N) is 1. The van der Waals surface area contributed by atoms with E-state index in [4.69, 9.17) is 5.73 Å². The maximum Gasteiger partial charge on any atom is 0.266 e. The topological polar surface area (TPSA) is 84.7 Å². The first-order valence-corrected chi connectivity index (χ1v) is 5.01. The normalized spacial score (nSPS) is 8.59. The van der Waals surface area contributed by atoms with Crippen molar-refractivity contribution in [2.45, 2.75) is 21.3 Å². The molecule has 0 aliphatic rings. The van der Waals surface area contributed by atoms with Crippen molar-refractivity contribution in [3.8, 4) is 11.3 Å². The number of nitrogens with zero attached hydrogens (tertiary/aromatic N) is 2. The van der Waals surface area contributed by atoms with E-state index in [0.29, 0.717) is 11.4 Å². The number of aromatic nitrogens is 3. The van der Waals surface area contributed by atoms with Crippen LogP contribution in [0.15, 0.2) is 35.6 Å². The van der Waals surface area contributed by atoms with Crippen LogP contribution in [0.3, 0.4) is 0 Å². The van der Waals surface area contributed by atoms with Crippen LogP contribution in [0.5, 0.6) is 0 Å². The van der Waals surface area contributed by atoms with Gasteiger partial charge in [0.05, 0.1) is 17.6 Å². The molecule has 2 aromatic rings. The number of nitrogens with two attached hydrogens (primary N) is 1. The molecule has 0 radical (unpaired) electrons. The van der Waals surface area contributed by atoms with Crippen LogP contribution in [0.4, 0.5) is 5.69 Å². The summed E-state index contributed by atoms with van der Waals surface area (Å²) in [6.07, 6.45) is 5.93. The standard InChI is InChI=1S/C9H8N4O.C2H6.CH4/c10-7-1-6(2-11-3-7)8-4-13-9(14)5-12-8;1-2;/h1-5H,10H2,(H,13,14);1-2H3;1H4. The summed E-state index contributed by atoms with van der Waals surface area (Å²) in [5, 5.41) is 0. The van der Waals surface area contributed by atoms with Gasteiger partial charge in [-0.25, -0.2) is 4.98 Å². The van der Waals surface area contributed by atoms with E-state index < -0.39 is 0 Å². The Labute approximate surface area is 101 Å². The summed E-state index contributed by atoms with van der Waals surface area (Å²) in [6, 6.07) is 1.74. The molecule has 0 aliphatic heterocycles. The van der Waals surface area contributed by atoms with E-state index in [2.05, 4.69) is 15.0 Å². The van der Waals surface area contributed by atoms with Crippen molar-refractivity contribution in [3.05, 3.63) is 41.2 Å². The largest absolute Gasteiger partial charge is 0.397 e. The summed E-state index contributed by atoms with van der Waals surface area (Å²) in [6.45, 7) is 4.00. The van der Waals surface area contributed by atoms with Crippen molar-refractivity contribution in [2.24, 2.45) is 0 Å². The van der Waals surface area contributed by atoms with Gasteiger partial charge in [0, 0.05) is 24.2 Å². The molecule has 2 rings (SSSR count). The Morgan fingerprint density at radius 3 is 2.47 bits per heavy atom. The van der Waals surface area contributed by atoms with Crippen molar-refractivity contribution in [1.82, 2.24) is 15.0 Å². The fourth-order valence-corrected chi connectivity index (χ4v) is 1.10. The van der Waals surface area contributed by atoms with Crippen molar-refractivity contribution in [1.29, 1.82) is 0 Å². The second kappa shape index (κ2) is 7.16. The minimum atomic E-state index is -0.231. The van der Waals surface area contributed by atoms with Crippen molar-refractivity contribution in [2.75, 3.05) is 5.73 Å². The molecule has 0 bridgehead atoms. The van der Waals surface area contributed by atoms with E-state index in [1.807, 2.05) is 13.8 Å². The third-order valence-corrected chi connectivity index (χ3v) is 1.73. The van der Waals surface area contributed by atoms with Gasteiger partial charge in [-0.3, -0.25) is 9.78 Å². The summed E-state index contributed by atoms with van der Waals surface area (Å²) < 4.78 is 0. The highest BCUT2D eigenvalue weighted by molar-refractivity contribution is 5.61. The summed E-state index contributed by atoms with van der Waals surface area (Å²) >= 11 is 0. The van der Waals surface area contributed by atoms with Crippen LogP contribution in [0, 0.1) is 0 Å². The molecule has 17 heavy (non-hydrogen) atoms. The number of H-pyrrole nitrogens is 1. The van der Waals surface area contributed by atoms with Gasteiger partial charge in [-0.1, -0.05) is 21.3 Å². The zero-order valence-electron chi connectivity index (χ0n) is 9.27. The first-order valence-electron chi connectivity index (χ1n) is 5.01. The fraction of sp³-hybridized carbons (Fsp3) is 0.250. The molecular formula is C12H18N4O. The number of rotatable bonds is 1. The molecule has 0 unspecified atom stereocenters. The minimum absolute atomic E-state index is 0. The highest BCUT2D eigenvalue weighted by Crippen LogP contribution is 2.15. The first-order chi connectivity index (χ1) is 7.75. The van der Waals surface area contributed by atoms with Crippen LogP contribution >= 0.6 is 0 Å². The molecule has 92 valence electrons. The van der Waals surface area contributed by atoms with Gasteiger partial charge in [0.2, 0.25) is 0 Å². The number of anilines is 1. The Balaban J connectivity index is 0.000000811. The van der Waals surface area contributed by atoms with Crippen molar-refractivity contribution in [3.63, 3.8) is 0 Å². The van der Waals surface area contributed by atoms with E-state index in [1.165, 1.54) is 12.4 Å². The zero-order valence-corrected chi connectivity index (χ0v) is 9.27. The predicted octanol–water partition coefficient (Wildman–Crippen LogP) is 2.08. The van der Waals surface area contributed by atoms with E-state index in [9.17, 15) is 4.79 Å². The molecule has 0 atom stereocenters. The highest BCUT2D eigenvalue weighted by atomic mass is 16.1. The molecular weight excluding hydrogens is 216 g/mol. The van der Waals surface area contributed by atoms with E-state index in [-0.39, 0.29) is 13.0 Å². The fourth-order valence-electron chi connectivity index (χ4n) is 1.10. The van der Waals surface area contributed by atoms with Gasteiger partial charge in [0.15, 0.2) is 0 Å². The second-order valence-corrected chi connectivity index (χ2v) is 2.80. The van der Waals surface area contributed by atoms with Crippen LogP contribution in [-0.2, 0) is 0 Å². The maximum absolute atomic E-state index is 10.8. The molecule has 5 heteroatoms. The lowest BCUT2D eigenvalue weighted by atomic mass is 10.2. The van der Waals surface area contributed by atoms with Gasteiger partial charge in [0.1, 0.15) is 0 Å². The third-order valence-electron chi connectivity index (χ3n) is 1.73. The third kappa shape index (κ3) is 4.06. The summed E-state index contributed by atoms with van der Waals surface area (Å²) in [5.74, 6) is 0. The Bertz CT molecular complexity index is 487. The molecule has 0 amide bonds. The number of nitrogen functional groups attached to an aromatic ring is 1. The smallest absolute Gasteiger partial charge is 0.266 e. The first kappa shape index (κ1) is 14.8. The predicted molar refractivity (Wildman–Crippen MR) is 70.6 cm³/mol. The van der Waals surface area contributed by atoms with Crippen LogP contribution in [-0.4, -0.2) is 15.0 Å².